The lowest BCUT2D eigenvalue weighted by molar-refractivity contribution is 0.642. The molecule has 0 bridgehead atoms. The number of nitrogens with zero attached hydrogens (tertiary/aromatic N) is 2. The van der Waals surface area contributed by atoms with Crippen molar-refractivity contribution in [2.75, 3.05) is 0 Å². The zero-order valence-corrected chi connectivity index (χ0v) is 16.2. The maximum absolute atomic E-state index is 13.0. The van der Waals surface area contributed by atoms with Crippen LogP contribution >= 0.6 is 12.2 Å². The van der Waals surface area contributed by atoms with E-state index < -0.39 is 0 Å². The molecule has 0 amide bonds. The summed E-state index contributed by atoms with van der Waals surface area (Å²) >= 11 is 4.85. The number of unbranched alkanes of at least 4 members (excludes halogenated alkanes) is 4. The number of hydrogen-bond donors (Lipinski definition) is 3. The number of aromatic nitrogens is 2. The Bertz CT molecular complexity index is 807. The number of aromatic amines is 1. The van der Waals surface area contributed by atoms with E-state index in [-0.39, 0.29) is 10.7 Å². The topological polar surface area (TPSA) is 88.2 Å². The van der Waals surface area contributed by atoms with E-state index >= 15 is 0 Å². The Balaban J connectivity index is 2.29. The number of rotatable bonds is 9. The van der Waals surface area contributed by atoms with Gasteiger partial charge < -0.3 is 5.73 Å². The van der Waals surface area contributed by atoms with E-state index in [1.165, 1.54) is 23.9 Å². The van der Waals surface area contributed by atoms with Crippen LogP contribution in [0, 0.1) is 6.92 Å². The number of para-hydroxylation sites is 1. The Labute approximate surface area is 159 Å². The molecule has 0 spiro atoms. The molecule has 0 saturated carbocycles. The summed E-state index contributed by atoms with van der Waals surface area (Å²) < 4.78 is 1.54. The monoisotopic (exact) mass is 373 g/mol. The maximum Gasteiger partial charge on any atom is 0.280 e. The number of aryl methyl sites for hydroxylation is 1. The van der Waals surface area contributed by atoms with Crippen molar-refractivity contribution in [3.8, 4) is 5.69 Å². The number of hydrazone groups is 1. The van der Waals surface area contributed by atoms with Gasteiger partial charge in [0.2, 0.25) is 0 Å². The predicted octanol–water partition coefficient (Wildman–Crippen LogP) is 3.37. The highest BCUT2D eigenvalue weighted by Crippen LogP contribution is 2.13. The van der Waals surface area contributed by atoms with Crippen LogP contribution in [0.3, 0.4) is 0 Å². The highest BCUT2D eigenvalue weighted by atomic mass is 32.1. The molecule has 1 heterocycles. The summed E-state index contributed by atoms with van der Waals surface area (Å²) in [5.41, 5.74) is 10.8. The fourth-order valence-electron chi connectivity index (χ4n) is 2.90. The standard InChI is InChI=1S/C19H27N5OS/c1-3-4-5-6-10-13-16(21-22-19(20)26)17-14(2)23-24(18(17)25)15-11-8-7-9-12-15/h7-9,11-12,23H,3-6,10,13H2,1-2H3,(H3,20,22,26)/b21-16-. The highest BCUT2D eigenvalue weighted by Gasteiger charge is 2.18. The first-order valence-electron chi connectivity index (χ1n) is 9.04. The zero-order chi connectivity index (χ0) is 18.9. The van der Waals surface area contributed by atoms with E-state index in [9.17, 15) is 4.79 Å². The van der Waals surface area contributed by atoms with Crippen molar-refractivity contribution < 1.29 is 0 Å². The average Bonchev–Trinajstić information content (AvgIpc) is 2.93. The lowest BCUT2D eigenvalue weighted by atomic mass is 10.0. The van der Waals surface area contributed by atoms with Crippen LogP contribution in [0.5, 0.6) is 0 Å². The lowest BCUT2D eigenvalue weighted by Gasteiger charge is -2.06. The normalized spacial score (nSPS) is 11.5. The van der Waals surface area contributed by atoms with Crippen LogP contribution in [0.2, 0.25) is 0 Å². The minimum absolute atomic E-state index is 0.0880. The van der Waals surface area contributed by atoms with Crippen molar-refractivity contribution in [2.45, 2.75) is 52.4 Å². The molecule has 26 heavy (non-hydrogen) atoms. The van der Waals surface area contributed by atoms with E-state index in [0.29, 0.717) is 17.7 Å². The van der Waals surface area contributed by atoms with Gasteiger partial charge in [0.05, 0.1) is 17.0 Å². The second-order valence-electron chi connectivity index (χ2n) is 6.29. The van der Waals surface area contributed by atoms with E-state index in [1.54, 1.807) is 0 Å². The van der Waals surface area contributed by atoms with Gasteiger partial charge in [-0.1, -0.05) is 50.8 Å². The molecule has 2 rings (SSSR count). The molecule has 0 radical (unpaired) electrons. The van der Waals surface area contributed by atoms with Crippen LogP contribution in [0.1, 0.15) is 56.7 Å². The number of benzene rings is 1. The quantitative estimate of drug-likeness (QED) is 0.272. The number of nitrogens with one attached hydrogen (secondary N) is 2. The maximum atomic E-state index is 13.0. The smallest absolute Gasteiger partial charge is 0.280 e. The summed E-state index contributed by atoms with van der Waals surface area (Å²) in [6, 6.07) is 9.48. The molecular formula is C19H27N5OS. The SMILES string of the molecule is CCCCCCC/C(=N/NC(N)=S)c1c(C)[nH]n(-c2ccccc2)c1=O. The van der Waals surface area contributed by atoms with Crippen LogP contribution in [0.15, 0.2) is 40.2 Å². The van der Waals surface area contributed by atoms with Gasteiger partial charge >= 0.3 is 0 Å². The molecular weight excluding hydrogens is 346 g/mol. The van der Waals surface area contributed by atoms with Crippen molar-refractivity contribution in [3.05, 3.63) is 51.9 Å². The zero-order valence-electron chi connectivity index (χ0n) is 15.4. The van der Waals surface area contributed by atoms with Crippen LogP contribution in [0.25, 0.3) is 5.69 Å². The molecule has 140 valence electrons. The highest BCUT2D eigenvalue weighted by molar-refractivity contribution is 7.80. The van der Waals surface area contributed by atoms with Gasteiger partial charge in [0, 0.05) is 5.69 Å². The van der Waals surface area contributed by atoms with Crippen molar-refractivity contribution >= 4 is 23.0 Å². The van der Waals surface area contributed by atoms with Gasteiger partial charge in [-0.2, -0.15) is 5.10 Å². The number of thiocarbonyl (C=S) groups is 1. The molecule has 0 saturated heterocycles. The fourth-order valence-corrected chi connectivity index (χ4v) is 2.95. The summed E-state index contributed by atoms with van der Waals surface area (Å²) in [5, 5.41) is 7.53. The minimum atomic E-state index is -0.120. The van der Waals surface area contributed by atoms with Gasteiger partial charge in [-0.05, 0) is 44.1 Å². The van der Waals surface area contributed by atoms with Crippen LogP contribution in [-0.2, 0) is 0 Å². The van der Waals surface area contributed by atoms with E-state index in [2.05, 4.69) is 22.5 Å². The van der Waals surface area contributed by atoms with E-state index in [4.69, 9.17) is 18.0 Å². The molecule has 0 atom stereocenters. The Hall–Kier alpha value is -2.41. The van der Waals surface area contributed by atoms with E-state index in [1.807, 2.05) is 37.3 Å². The molecule has 7 heteroatoms. The van der Waals surface area contributed by atoms with Crippen molar-refractivity contribution in [1.29, 1.82) is 0 Å². The Morgan fingerprint density at radius 2 is 1.92 bits per heavy atom. The van der Waals surface area contributed by atoms with Gasteiger partial charge in [0.1, 0.15) is 0 Å². The molecule has 1 aromatic heterocycles. The molecule has 1 aromatic carbocycles. The van der Waals surface area contributed by atoms with Crippen molar-refractivity contribution in [1.82, 2.24) is 15.2 Å². The summed E-state index contributed by atoms with van der Waals surface area (Å²) in [4.78, 5) is 13.0. The molecule has 4 N–H and O–H groups in total. The first-order chi connectivity index (χ1) is 12.5. The first-order valence-corrected chi connectivity index (χ1v) is 9.44. The summed E-state index contributed by atoms with van der Waals surface area (Å²) in [6.45, 7) is 4.07. The Kier molecular flexibility index (Phi) is 7.59. The third-order valence-corrected chi connectivity index (χ3v) is 4.28. The third-order valence-electron chi connectivity index (χ3n) is 4.19. The van der Waals surface area contributed by atoms with Gasteiger partial charge in [-0.3, -0.25) is 15.3 Å². The predicted molar refractivity (Wildman–Crippen MR) is 111 cm³/mol. The molecule has 0 fully saturated rings. The number of H-pyrrole nitrogens is 1. The van der Waals surface area contributed by atoms with Gasteiger partial charge in [0.15, 0.2) is 5.11 Å². The molecule has 0 unspecified atom stereocenters. The van der Waals surface area contributed by atoms with Gasteiger partial charge in [-0.15, -0.1) is 0 Å². The third kappa shape index (κ3) is 5.29. The first kappa shape index (κ1) is 19.9. The summed E-state index contributed by atoms with van der Waals surface area (Å²) in [5.74, 6) is 0. The van der Waals surface area contributed by atoms with Gasteiger partial charge in [-0.25, -0.2) is 4.68 Å². The minimum Gasteiger partial charge on any atom is -0.375 e. The largest absolute Gasteiger partial charge is 0.375 e. The van der Waals surface area contributed by atoms with Gasteiger partial charge in [0.25, 0.3) is 5.56 Å². The Morgan fingerprint density at radius 1 is 1.23 bits per heavy atom. The molecule has 0 aliphatic carbocycles. The second-order valence-corrected chi connectivity index (χ2v) is 6.73. The lowest BCUT2D eigenvalue weighted by Crippen LogP contribution is -2.27. The van der Waals surface area contributed by atoms with E-state index in [0.717, 1.165) is 24.2 Å². The van der Waals surface area contributed by atoms with Crippen LogP contribution in [-0.4, -0.2) is 20.6 Å². The summed E-state index contributed by atoms with van der Waals surface area (Å²) in [7, 11) is 0. The Morgan fingerprint density at radius 3 is 2.58 bits per heavy atom. The molecule has 0 aliphatic heterocycles. The fraction of sp³-hybridized carbons (Fsp3) is 0.421. The second kappa shape index (κ2) is 9.91. The van der Waals surface area contributed by atoms with Crippen molar-refractivity contribution in [2.24, 2.45) is 10.8 Å². The number of hydrogen-bond acceptors (Lipinski definition) is 3. The van der Waals surface area contributed by atoms with Crippen LogP contribution < -0.4 is 16.7 Å². The average molecular weight is 374 g/mol. The van der Waals surface area contributed by atoms with Crippen LogP contribution in [0.4, 0.5) is 0 Å². The van der Waals surface area contributed by atoms with Crippen molar-refractivity contribution in [3.63, 3.8) is 0 Å². The molecule has 2 aromatic rings. The molecule has 0 aliphatic rings. The molecule has 6 nitrogen and oxygen atoms in total. The number of nitrogens with two attached hydrogens (primary N) is 1. The summed E-state index contributed by atoms with van der Waals surface area (Å²) in [6.07, 6.45) is 6.38.